The summed E-state index contributed by atoms with van der Waals surface area (Å²) in [5, 5.41) is 4.58. The molecule has 0 radical (unpaired) electrons. The average molecular weight is 166 g/mol. The van der Waals surface area contributed by atoms with Crippen molar-refractivity contribution in [1.29, 1.82) is 0 Å². The molecule has 1 aliphatic rings. The first-order valence-corrected chi connectivity index (χ1v) is 4.99. The maximum absolute atomic E-state index is 2.34. The standard InChI is InChI=1S/C10H14S/c1-9(2)7-5-11-6-8(7)10(9,3)4/h5-6H,1-4H3. The second-order valence-corrected chi connectivity index (χ2v) is 5.19. The highest BCUT2D eigenvalue weighted by Crippen LogP contribution is 2.56. The Labute approximate surface area is 72.3 Å². The Morgan fingerprint density at radius 1 is 0.909 bits per heavy atom. The predicted octanol–water partition coefficient (Wildman–Crippen LogP) is 3.32. The number of fused-ring (bicyclic) bond motifs is 1. The SMILES string of the molecule is CC1(C)c2cscc2C1(C)C. The van der Waals surface area contributed by atoms with E-state index in [0.29, 0.717) is 10.8 Å². The van der Waals surface area contributed by atoms with Crippen LogP contribution in [0.3, 0.4) is 0 Å². The third-order valence-electron chi connectivity index (χ3n) is 3.57. The molecule has 0 bridgehead atoms. The lowest BCUT2D eigenvalue weighted by Gasteiger charge is -2.52. The van der Waals surface area contributed by atoms with Gasteiger partial charge < -0.3 is 0 Å². The van der Waals surface area contributed by atoms with Crippen molar-refractivity contribution in [1.82, 2.24) is 0 Å². The molecular weight excluding hydrogens is 152 g/mol. The van der Waals surface area contributed by atoms with E-state index in [1.807, 2.05) is 11.3 Å². The Kier molecular flexibility index (Phi) is 1.15. The monoisotopic (exact) mass is 166 g/mol. The van der Waals surface area contributed by atoms with Gasteiger partial charge in [-0.25, -0.2) is 0 Å². The number of thiophene rings is 1. The summed E-state index contributed by atoms with van der Waals surface area (Å²) in [6, 6.07) is 0. The molecule has 0 saturated carbocycles. The zero-order chi connectivity index (χ0) is 8.28. The van der Waals surface area contributed by atoms with E-state index in [1.165, 1.54) is 0 Å². The minimum atomic E-state index is 0.391. The van der Waals surface area contributed by atoms with Gasteiger partial charge in [0.15, 0.2) is 0 Å². The van der Waals surface area contributed by atoms with E-state index in [-0.39, 0.29) is 0 Å². The van der Waals surface area contributed by atoms with Crippen molar-refractivity contribution >= 4 is 11.3 Å². The molecule has 1 heteroatoms. The van der Waals surface area contributed by atoms with Crippen molar-refractivity contribution in [3.8, 4) is 0 Å². The largest absolute Gasteiger partial charge is 0.152 e. The molecule has 0 fully saturated rings. The third-order valence-corrected chi connectivity index (χ3v) is 4.31. The van der Waals surface area contributed by atoms with E-state index in [9.17, 15) is 0 Å². The van der Waals surface area contributed by atoms with Crippen molar-refractivity contribution in [3.05, 3.63) is 21.9 Å². The molecule has 0 unspecified atom stereocenters. The second-order valence-electron chi connectivity index (χ2n) is 4.45. The number of hydrogen-bond acceptors (Lipinski definition) is 1. The van der Waals surface area contributed by atoms with Gasteiger partial charge in [-0.05, 0) is 32.7 Å². The highest BCUT2D eigenvalue weighted by molar-refractivity contribution is 7.08. The molecule has 0 aliphatic heterocycles. The van der Waals surface area contributed by atoms with Gasteiger partial charge in [-0.1, -0.05) is 27.7 Å². The fourth-order valence-corrected chi connectivity index (χ4v) is 3.06. The maximum atomic E-state index is 2.34. The van der Waals surface area contributed by atoms with Gasteiger partial charge in [-0.15, -0.1) is 0 Å². The predicted molar refractivity (Wildman–Crippen MR) is 50.4 cm³/mol. The van der Waals surface area contributed by atoms with Crippen molar-refractivity contribution in [2.45, 2.75) is 38.5 Å². The topological polar surface area (TPSA) is 0 Å². The highest BCUT2D eigenvalue weighted by atomic mass is 32.1. The van der Waals surface area contributed by atoms with Gasteiger partial charge in [-0.2, -0.15) is 11.3 Å². The second kappa shape index (κ2) is 1.71. The highest BCUT2D eigenvalue weighted by Gasteiger charge is 2.51. The molecule has 1 aliphatic carbocycles. The molecule has 0 atom stereocenters. The summed E-state index contributed by atoms with van der Waals surface area (Å²) in [6.45, 7) is 9.34. The van der Waals surface area contributed by atoms with Crippen molar-refractivity contribution < 1.29 is 0 Å². The van der Waals surface area contributed by atoms with Crippen LogP contribution in [0.25, 0.3) is 0 Å². The number of hydrogen-bond donors (Lipinski definition) is 0. The minimum absolute atomic E-state index is 0.391. The lowest BCUT2D eigenvalue weighted by Crippen LogP contribution is -2.49. The van der Waals surface area contributed by atoms with E-state index in [1.54, 1.807) is 11.1 Å². The normalized spacial score (nSPS) is 24.0. The number of rotatable bonds is 0. The van der Waals surface area contributed by atoms with E-state index >= 15 is 0 Å². The van der Waals surface area contributed by atoms with Crippen LogP contribution in [0.4, 0.5) is 0 Å². The summed E-state index contributed by atoms with van der Waals surface area (Å²) in [5.74, 6) is 0. The van der Waals surface area contributed by atoms with Gasteiger partial charge in [0, 0.05) is 0 Å². The van der Waals surface area contributed by atoms with Crippen LogP contribution < -0.4 is 0 Å². The molecule has 60 valence electrons. The van der Waals surface area contributed by atoms with Crippen LogP contribution >= 0.6 is 11.3 Å². The maximum Gasteiger partial charge on any atom is -0.0000474 e. The molecule has 1 aromatic heterocycles. The van der Waals surface area contributed by atoms with Crippen LogP contribution in [-0.2, 0) is 10.8 Å². The Morgan fingerprint density at radius 3 is 1.64 bits per heavy atom. The van der Waals surface area contributed by atoms with E-state index in [2.05, 4.69) is 38.5 Å². The first-order valence-electron chi connectivity index (χ1n) is 4.05. The van der Waals surface area contributed by atoms with E-state index in [0.717, 1.165) is 0 Å². The minimum Gasteiger partial charge on any atom is -0.152 e. The Hall–Kier alpha value is -0.300. The fourth-order valence-electron chi connectivity index (χ4n) is 1.88. The Bertz CT molecular complexity index is 263. The average Bonchev–Trinajstić information content (AvgIpc) is 2.32. The summed E-state index contributed by atoms with van der Waals surface area (Å²) in [4.78, 5) is 0. The molecule has 0 nitrogen and oxygen atoms in total. The van der Waals surface area contributed by atoms with Crippen LogP contribution in [0.2, 0.25) is 0 Å². The van der Waals surface area contributed by atoms with E-state index < -0.39 is 0 Å². The van der Waals surface area contributed by atoms with Gasteiger partial charge in [0.05, 0.1) is 0 Å². The molecule has 0 amide bonds. The van der Waals surface area contributed by atoms with Crippen molar-refractivity contribution in [2.75, 3.05) is 0 Å². The quantitative estimate of drug-likeness (QED) is 0.554. The molecule has 2 rings (SSSR count). The summed E-state index contributed by atoms with van der Waals surface area (Å²) < 4.78 is 0. The van der Waals surface area contributed by atoms with Gasteiger partial charge in [0.2, 0.25) is 0 Å². The lowest BCUT2D eigenvalue weighted by atomic mass is 9.51. The van der Waals surface area contributed by atoms with Crippen molar-refractivity contribution in [3.63, 3.8) is 0 Å². The van der Waals surface area contributed by atoms with Crippen LogP contribution in [-0.4, -0.2) is 0 Å². The van der Waals surface area contributed by atoms with Crippen LogP contribution in [0, 0.1) is 0 Å². The molecule has 1 heterocycles. The van der Waals surface area contributed by atoms with Crippen LogP contribution in [0.1, 0.15) is 38.8 Å². The summed E-state index contributed by atoms with van der Waals surface area (Å²) in [6.07, 6.45) is 0. The Balaban J connectivity index is 2.63. The van der Waals surface area contributed by atoms with Crippen molar-refractivity contribution in [2.24, 2.45) is 0 Å². The Morgan fingerprint density at radius 2 is 1.27 bits per heavy atom. The molecule has 1 aromatic rings. The molecule has 0 N–H and O–H groups in total. The molecule has 11 heavy (non-hydrogen) atoms. The molecule has 0 saturated heterocycles. The zero-order valence-electron chi connectivity index (χ0n) is 7.56. The zero-order valence-corrected chi connectivity index (χ0v) is 8.38. The first-order chi connectivity index (χ1) is 4.98. The smallest absolute Gasteiger partial charge is 0.0000474 e. The summed E-state index contributed by atoms with van der Waals surface area (Å²) >= 11 is 1.83. The lowest BCUT2D eigenvalue weighted by molar-refractivity contribution is 0.245. The molecule has 0 spiro atoms. The first kappa shape index (κ1) is 7.35. The molecule has 0 aromatic carbocycles. The van der Waals surface area contributed by atoms with Gasteiger partial charge in [-0.3, -0.25) is 0 Å². The van der Waals surface area contributed by atoms with Crippen LogP contribution in [0.15, 0.2) is 10.8 Å². The molecular formula is C10H14S. The van der Waals surface area contributed by atoms with Gasteiger partial charge in [0.25, 0.3) is 0 Å². The summed E-state index contributed by atoms with van der Waals surface area (Å²) in [5.41, 5.74) is 3.91. The fraction of sp³-hybridized carbons (Fsp3) is 0.600. The van der Waals surface area contributed by atoms with E-state index in [4.69, 9.17) is 0 Å². The third kappa shape index (κ3) is 0.610. The van der Waals surface area contributed by atoms with Gasteiger partial charge >= 0.3 is 0 Å². The summed E-state index contributed by atoms with van der Waals surface area (Å²) in [7, 11) is 0. The van der Waals surface area contributed by atoms with Crippen LogP contribution in [0.5, 0.6) is 0 Å². The van der Waals surface area contributed by atoms with Gasteiger partial charge in [0.1, 0.15) is 0 Å².